The fraction of sp³-hybridized carbons (Fsp3) is 0.200. The van der Waals surface area contributed by atoms with Gasteiger partial charge in [-0.1, -0.05) is 12.1 Å². The lowest BCUT2D eigenvalue weighted by atomic mass is 10.2. The number of benzene rings is 2. The number of amides is 1. The molecular formula is C20H21FN4O3S. The van der Waals surface area contributed by atoms with Crippen molar-refractivity contribution < 1.29 is 17.6 Å². The van der Waals surface area contributed by atoms with Gasteiger partial charge in [0.05, 0.1) is 22.3 Å². The van der Waals surface area contributed by atoms with Gasteiger partial charge in [-0.15, -0.1) is 0 Å². The second kappa shape index (κ2) is 8.14. The van der Waals surface area contributed by atoms with E-state index in [1.165, 1.54) is 41.2 Å². The van der Waals surface area contributed by atoms with Crippen LogP contribution in [-0.4, -0.2) is 30.1 Å². The Labute approximate surface area is 168 Å². The minimum absolute atomic E-state index is 0.104. The van der Waals surface area contributed by atoms with Crippen molar-refractivity contribution in [1.82, 2.24) is 14.5 Å². The molecule has 0 aliphatic carbocycles. The molecule has 9 heteroatoms. The van der Waals surface area contributed by atoms with E-state index in [-0.39, 0.29) is 22.2 Å². The van der Waals surface area contributed by atoms with Crippen molar-refractivity contribution in [3.05, 3.63) is 71.8 Å². The number of nitrogens with one attached hydrogen (secondary N) is 2. The van der Waals surface area contributed by atoms with Crippen molar-refractivity contribution in [2.45, 2.75) is 31.7 Å². The summed E-state index contributed by atoms with van der Waals surface area (Å²) in [7, 11) is -3.61. The maximum absolute atomic E-state index is 14.0. The molecule has 3 aromatic rings. The summed E-state index contributed by atoms with van der Waals surface area (Å²) < 4.78 is 42.2. The summed E-state index contributed by atoms with van der Waals surface area (Å²) >= 11 is 0. The Morgan fingerprint density at radius 1 is 1.10 bits per heavy atom. The van der Waals surface area contributed by atoms with Crippen LogP contribution in [0.15, 0.2) is 59.6 Å². The van der Waals surface area contributed by atoms with Crippen LogP contribution in [-0.2, 0) is 10.0 Å². The fourth-order valence-electron chi connectivity index (χ4n) is 2.79. The van der Waals surface area contributed by atoms with E-state index in [0.717, 1.165) is 0 Å². The first-order chi connectivity index (χ1) is 13.7. The van der Waals surface area contributed by atoms with E-state index in [4.69, 9.17) is 0 Å². The van der Waals surface area contributed by atoms with Gasteiger partial charge in [-0.05, 0) is 57.2 Å². The van der Waals surface area contributed by atoms with Crippen molar-refractivity contribution in [1.29, 1.82) is 0 Å². The number of nitrogens with zero attached hydrogens (tertiary/aromatic N) is 2. The lowest BCUT2D eigenvalue weighted by Crippen LogP contribution is -2.30. The van der Waals surface area contributed by atoms with E-state index in [1.54, 1.807) is 39.0 Å². The highest BCUT2D eigenvalue weighted by Crippen LogP contribution is 2.19. The van der Waals surface area contributed by atoms with Gasteiger partial charge in [0.15, 0.2) is 0 Å². The molecule has 2 aromatic carbocycles. The third kappa shape index (κ3) is 4.52. The summed E-state index contributed by atoms with van der Waals surface area (Å²) in [6.45, 7) is 5.13. The number of carbonyl (C=O) groups is 1. The monoisotopic (exact) mass is 416 g/mol. The molecule has 2 N–H and O–H groups in total. The van der Waals surface area contributed by atoms with Gasteiger partial charge in [0, 0.05) is 11.7 Å². The molecule has 1 amide bonds. The molecule has 0 aliphatic rings. The highest BCUT2D eigenvalue weighted by Gasteiger charge is 2.18. The maximum Gasteiger partial charge on any atom is 0.259 e. The van der Waals surface area contributed by atoms with Gasteiger partial charge in [0.25, 0.3) is 5.91 Å². The topological polar surface area (TPSA) is 93.1 Å². The Bertz CT molecular complexity index is 1140. The fourth-order valence-corrected chi connectivity index (χ4v) is 4.04. The number of sulfonamides is 1. The third-order valence-electron chi connectivity index (χ3n) is 4.15. The Morgan fingerprint density at radius 2 is 1.76 bits per heavy atom. The molecule has 0 atom stereocenters. The molecule has 0 saturated carbocycles. The summed E-state index contributed by atoms with van der Waals surface area (Å²) in [5, 5.41) is 6.81. The number of rotatable bonds is 6. The van der Waals surface area contributed by atoms with Gasteiger partial charge in [-0.25, -0.2) is 22.2 Å². The maximum atomic E-state index is 14.0. The smallest absolute Gasteiger partial charge is 0.259 e. The van der Waals surface area contributed by atoms with Crippen molar-refractivity contribution >= 4 is 21.6 Å². The van der Waals surface area contributed by atoms with Gasteiger partial charge < -0.3 is 5.32 Å². The molecule has 0 saturated heterocycles. The zero-order valence-corrected chi connectivity index (χ0v) is 17.0. The van der Waals surface area contributed by atoms with E-state index in [2.05, 4.69) is 15.1 Å². The number of anilines is 1. The Hall–Kier alpha value is -3.04. The minimum Gasteiger partial charge on any atom is -0.322 e. The van der Waals surface area contributed by atoms with E-state index < -0.39 is 21.7 Å². The molecule has 1 heterocycles. The van der Waals surface area contributed by atoms with Crippen LogP contribution in [0.4, 0.5) is 10.1 Å². The van der Waals surface area contributed by atoms with Crippen LogP contribution in [0.5, 0.6) is 0 Å². The van der Waals surface area contributed by atoms with Crippen molar-refractivity contribution in [3.8, 4) is 5.69 Å². The lowest BCUT2D eigenvalue weighted by molar-refractivity contribution is 0.102. The first-order valence-corrected chi connectivity index (χ1v) is 10.4. The number of aromatic nitrogens is 2. The number of hydrogen-bond donors (Lipinski definition) is 2. The van der Waals surface area contributed by atoms with Crippen LogP contribution in [0.3, 0.4) is 0 Å². The molecule has 0 unspecified atom stereocenters. The SMILES string of the molecule is Cc1c(C(=O)Nc2ccc(S(=O)(=O)NC(C)C)cc2)cnn1-c1ccccc1F. The second-order valence-corrected chi connectivity index (χ2v) is 8.48. The second-order valence-electron chi connectivity index (χ2n) is 6.76. The largest absolute Gasteiger partial charge is 0.322 e. The van der Waals surface area contributed by atoms with Crippen molar-refractivity contribution in [2.75, 3.05) is 5.32 Å². The molecule has 3 rings (SSSR count). The van der Waals surface area contributed by atoms with E-state index >= 15 is 0 Å². The molecule has 7 nitrogen and oxygen atoms in total. The zero-order chi connectivity index (χ0) is 21.2. The summed E-state index contributed by atoms with van der Waals surface area (Å²) in [6, 6.07) is 11.8. The van der Waals surface area contributed by atoms with Crippen LogP contribution in [0.2, 0.25) is 0 Å². The summed E-state index contributed by atoms with van der Waals surface area (Å²) in [4.78, 5) is 12.7. The molecular weight excluding hydrogens is 395 g/mol. The van der Waals surface area contributed by atoms with E-state index in [1.807, 2.05) is 0 Å². The zero-order valence-electron chi connectivity index (χ0n) is 16.2. The van der Waals surface area contributed by atoms with Gasteiger partial charge in [0.2, 0.25) is 10.0 Å². The van der Waals surface area contributed by atoms with Gasteiger partial charge >= 0.3 is 0 Å². The number of hydrogen-bond acceptors (Lipinski definition) is 4. The average Bonchev–Trinajstić information content (AvgIpc) is 3.03. The predicted octanol–water partition coefficient (Wildman–Crippen LogP) is 3.26. The number of para-hydroxylation sites is 1. The lowest BCUT2D eigenvalue weighted by Gasteiger charge is -2.10. The number of carbonyl (C=O) groups excluding carboxylic acids is 1. The first-order valence-electron chi connectivity index (χ1n) is 8.92. The Kier molecular flexibility index (Phi) is 5.81. The minimum atomic E-state index is -3.61. The van der Waals surface area contributed by atoms with Crippen molar-refractivity contribution in [2.24, 2.45) is 0 Å². The van der Waals surface area contributed by atoms with Gasteiger partial charge in [0.1, 0.15) is 11.5 Å². The van der Waals surface area contributed by atoms with Crippen LogP contribution in [0.1, 0.15) is 29.9 Å². The molecule has 0 radical (unpaired) electrons. The van der Waals surface area contributed by atoms with Crippen molar-refractivity contribution in [3.63, 3.8) is 0 Å². The van der Waals surface area contributed by atoms with E-state index in [9.17, 15) is 17.6 Å². The number of halogens is 1. The molecule has 29 heavy (non-hydrogen) atoms. The molecule has 0 fully saturated rings. The van der Waals surface area contributed by atoms with Crippen LogP contribution in [0.25, 0.3) is 5.69 Å². The van der Waals surface area contributed by atoms with E-state index in [0.29, 0.717) is 11.4 Å². The highest BCUT2D eigenvalue weighted by atomic mass is 32.2. The van der Waals surface area contributed by atoms with Crippen LogP contribution < -0.4 is 10.0 Å². The molecule has 0 bridgehead atoms. The predicted molar refractivity (Wildman–Crippen MR) is 108 cm³/mol. The normalized spacial score (nSPS) is 11.6. The Balaban J connectivity index is 1.79. The third-order valence-corrected chi connectivity index (χ3v) is 5.82. The van der Waals surface area contributed by atoms with Gasteiger partial charge in [-0.2, -0.15) is 5.10 Å². The average molecular weight is 416 g/mol. The summed E-state index contributed by atoms with van der Waals surface area (Å²) in [5.74, 6) is -0.876. The van der Waals surface area contributed by atoms with Crippen LogP contribution in [0, 0.1) is 12.7 Å². The summed E-state index contributed by atoms with van der Waals surface area (Å²) in [6.07, 6.45) is 1.36. The Morgan fingerprint density at radius 3 is 2.38 bits per heavy atom. The molecule has 0 aliphatic heterocycles. The summed E-state index contributed by atoms with van der Waals surface area (Å²) in [5.41, 5.74) is 1.44. The highest BCUT2D eigenvalue weighted by molar-refractivity contribution is 7.89. The quantitative estimate of drug-likeness (QED) is 0.645. The molecule has 152 valence electrons. The molecule has 0 spiro atoms. The standard InChI is InChI=1S/C20H21FN4O3S/c1-13(2)24-29(27,28)16-10-8-15(9-11-16)23-20(26)17-12-22-25(14(17)3)19-7-5-4-6-18(19)21/h4-13,24H,1-3H3,(H,23,26). The first kappa shape index (κ1) is 20.7. The van der Waals surface area contributed by atoms with Gasteiger partial charge in [-0.3, -0.25) is 4.79 Å². The molecule has 1 aromatic heterocycles. The van der Waals surface area contributed by atoms with Crippen LogP contribution >= 0.6 is 0 Å².